The van der Waals surface area contributed by atoms with Gasteiger partial charge in [0.15, 0.2) is 0 Å². The smallest absolute Gasteiger partial charge is 0.249 e. The Morgan fingerprint density at radius 2 is 1.86 bits per heavy atom. The van der Waals surface area contributed by atoms with Gasteiger partial charge in [-0.3, -0.25) is 13.9 Å². The van der Waals surface area contributed by atoms with E-state index in [1.807, 2.05) is 0 Å². The molecule has 0 aliphatic rings. The first-order valence-corrected chi connectivity index (χ1v) is 11.2. The van der Waals surface area contributed by atoms with Crippen molar-refractivity contribution in [3.63, 3.8) is 0 Å². The van der Waals surface area contributed by atoms with Crippen molar-refractivity contribution < 1.29 is 18.0 Å². The molecule has 2 aromatic carbocycles. The zero-order chi connectivity index (χ0) is 21.8. The number of hydrogen-bond donors (Lipinski definition) is 2. The summed E-state index contributed by atoms with van der Waals surface area (Å²) in [5.74, 6) is -0.856. The Morgan fingerprint density at radius 3 is 2.48 bits per heavy atom. The van der Waals surface area contributed by atoms with Crippen LogP contribution in [0.5, 0.6) is 0 Å². The highest BCUT2D eigenvalue weighted by molar-refractivity contribution is 7.92. The van der Waals surface area contributed by atoms with Gasteiger partial charge in [0.2, 0.25) is 21.8 Å². The molecule has 0 saturated carbocycles. The van der Waals surface area contributed by atoms with Gasteiger partial charge in [-0.25, -0.2) is 8.42 Å². The fourth-order valence-electron chi connectivity index (χ4n) is 2.95. The second-order valence-electron chi connectivity index (χ2n) is 6.76. The molecule has 29 heavy (non-hydrogen) atoms. The van der Waals surface area contributed by atoms with Crippen molar-refractivity contribution >= 4 is 44.8 Å². The van der Waals surface area contributed by atoms with E-state index in [4.69, 9.17) is 17.3 Å². The maximum Gasteiger partial charge on any atom is 0.249 e. The lowest BCUT2D eigenvalue weighted by molar-refractivity contribution is -0.116. The van der Waals surface area contributed by atoms with Gasteiger partial charge in [0, 0.05) is 29.2 Å². The van der Waals surface area contributed by atoms with Crippen LogP contribution in [-0.2, 0) is 14.8 Å². The van der Waals surface area contributed by atoms with Crippen LogP contribution in [0.4, 0.5) is 11.4 Å². The summed E-state index contributed by atoms with van der Waals surface area (Å²) in [4.78, 5) is 23.7. The Labute approximate surface area is 175 Å². The summed E-state index contributed by atoms with van der Waals surface area (Å²) in [5, 5.41) is 3.17. The van der Waals surface area contributed by atoms with Gasteiger partial charge in [0.25, 0.3) is 0 Å². The molecular weight excluding hydrogens is 414 g/mol. The molecule has 9 heteroatoms. The highest BCUT2D eigenvalue weighted by Gasteiger charge is 2.20. The SMILES string of the molecule is Cc1ccc(Cl)cc1N(CCCC(=O)Nc1cccc(C(N)=O)c1C)S(C)(=O)=O. The molecule has 0 aromatic heterocycles. The minimum atomic E-state index is -3.54. The second-order valence-corrected chi connectivity index (χ2v) is 9.10. The Balaban J connectivity index is 2.07. The molecule has 3 N–H and O–H groups in total. The molecule has 0 spiro atoms. The predicted octanol–water partition coefficient (Wildman–Crippen LogP) is 3.24. The van der Waals surface area contributed by atoms with Gasteiger partial charge in [-0.15, -0.1) is 0 Å². The first-order valence-electron chi connectivity index (χ1n) is 8.94. The lowest BCUT2D eigenvalue weighted by atomic mass is 10.1. The third-order valence-corrected chi connectivity index (χ3v) is 5.89. The van der Waals surface area contributed by atoms with Crippen LogP contribution in [0.15, 0.2) is 36.4 Å². The molecular formula is C20H24ClN3O4S. The maximum atomic E-state index is 12.3. The van der Waals surface area contributed by atoms with E-state index in [0.29, 0.717) is 33.9 Å². The number of primary amides is 1. The number of benzene rings is 2. The number of sulfonamides is 1. The van der Waals surface area contributed by atoms with Gasteiger partial charge < -0.3 is 11.1 Å². The maximum absolute atomic E-state index is 12.3. The molecule has 0 aliphatic carbocycles. The van der Waals surface area contributed by atoms with Gasteiger partial charge in [-0.05, 0) is 55.7 Å². The number of anilines is 2. The molecule has 0 atom stereocenters. The summed E-state index contributed by atoms with van der Waals surface area (Å²) in [5.41, 5.74) is 8.00. The fourth-order valence-corrected chi connectivity index (χ4v) is 4.13. The highest BCUT2D eigenvalue weighted by atomic mass is 35.5. The van der Waals surface area contributed by atoms with Crippen LogP contribution in [0, 0.1) is 13.8 Å². The average Bonchev–Trinajstić information content (AvgIpc) is 2.61. The number of rotatable bonds is 8. The minimum absolute atomic E-state index is 0.103. The molecule has 0 saturated heterocycles. The fraction of sp³-hybridized carbons (Fsp3) is 0.300. The minimum Gasteiger partial charge on any atom is -0.366 e. The molecule has 7 nitrogen and oxygen atoms in total. The van der Waals surface area contributed by atoms with Gasteiger partial charge in [-0.1, -0.05) is 23.7 Å². The number of nitrogens with zero attached hydrogens (tertiary/aromatic N) is 1. The van der Waals surface area contributed by atoms with Crippen LogP contribution in [0.25, 0.3) is 0 Å². The Bertz CT molecular complexity index is 1040. The summed E-state index contributed by atoms with van der Waals surface area (Å²) >= 11 is 6.02. The van der Waals surface area contributed by atoms with Crippen LogP contribution in [0.3, 0.4) is 0 Å². The topological polar surface area (TPSA) is 110 Å². The monoisotopic (exact) mass is 437 g/mol. The van der Waals surface area contributed by atoms with Crippen LogP contribution in [-0.4, -0.2) is 33.0 Å². The first-order chi connectivity index (χ1) is 13.5. The van der Waals surface area contributed by atoms with E-state index in [1.165, 1.54) is 4.31 Å². The summed E-state index contributed by atoms with van der Waals surface area (Å²) in [6.45, 7) is 3.63. The quantitative estimate of drug-likeness (QED) is 0.660. The predicted molar refractivity (Wildman–Crippen MR) is 116 cm³/mol. The summed E-state index contributed by atoms with van der Waals surface area (Å²) in [6, 6.07) is 9.93. The molecule has 0 unspecified atom stereocenters. The molecule has 2 amide bonds. The normalized spacial score (nSPS) is 11.2. The number of hydrogen-bond acceptors (Lipinski definition) is 4. The van der Waals surface area contributed by atoms with E-state index in [-0.39, 0.29) is 18.9 Å². The Hall–Kier alpha value is -2.58. The Morgan fingerprint density at radius 1 is 1.17 bits per heavy atom. The van der Waals surface area contributed by atoms with Crippen molar-refractivity contribution in [3.8, 4) is 0 Å². The number of carbonyl (C=O) groups excluding carboxylic acids is 2. The summed E-state index contributed by atoms with van der Waals surface area (Å²) in [6.07, 6.45) is 1.53. The Kier molecular flexibility index (Phi) is 7.26. The third kappa shape index (κ3) is 5.95. The van der Waals surface area contributed by atoms with Crippen molar-refractivity contribution in [2.45, 2.75) is 26.7 Å². The van der Waals surface area contributed by atoms with Crippen molar-refractivity contribution in [1.82, 2.24) is 0 Å². The van der Waals surface area contributed by atoms with Crippen molar-refractivity contribution in [2.24, 2.45) is 5.73 Å². The zero-order valence-corrected chi connectivity index (χ0v) is 18.1. The van der Waals surface area contributed by atoms with Gasteiger partial charge >= 0.3 is 0 Å². The number of halogens is 1. The lowest BCUT2D eigenvalue weighted by Crippen LogP contribution is -2.32. The van der Waals surface area contributed by atoms with E-state index in [9.17, 15) is 18.0 Å². The molecule has 0 bridgehead atoms. The average molecular weight is 438 g/mol. The molecule has 0 aliphatic heterocycles. The van der Waals surface area contributed by atoms with E-state index < -0.39 is 15.9 Å². The number of amides is 2. The van der Waals surface area contributed by atoms with Crippen LogP contribution in [0.2, 0.25) is 5.02 Å². The van der Waals surface area contributed by atoms with Gasteiger partial charge in [0.05, 0.1) is 11.9 Å². The van der Waals surface area contributed by atoms with Crippen LogP contribution >= 0.6 is 11.6 Å². The summed E-state index contributed by atoms with van der Waals surface area (Å²) in [7, 11) is -3.54. The molecule has 0 radical (unpaired) electrons. The third-order valence-electron chi connectivity index (χ3n) is 4.48. The van der Waals surface area contributed by atoms with E-state index >= 15 is 0 Å². The van der Waals surface area contributed by atoms with E-state index in [0.717, 1.165) is 11.8 Å². The largest absolute Gasteiger partial charge is 0.366 e. The number of carbonyl (C=O) groups is 2. The molecule has 0 heterocycles. The van der Waals surface area contributed by atoms with Crippen molar-refractivity contribution in [1.29, 1.82) is 0 Å². The molecule has 0 fully saturated rings. The van der Waals surface area contributed by atoms with Crippen LogP contribution in [0.1, 0.15) is 34.3 Å². The zero-order valence-electron chi connectivity index (χ0n) is 16.5. The van der Waals surface area contributed by atoms with E-state index in [2.05, 4.69) is 5.32 Å². The molecule has 156 valence electrons. The summed E-state index contributed by atoms with van der Waals surface area (Å²) < 4.78 is 25.7. The standard InChI is InChI=1S/C20H24ClN3O4S/c1-13-9-10-15(21)12-18(13)24(29(3,27)28)11-5-8-19(25)23-17-7-4-6-16(14(17)2)20(22)26/h4,6-7,9-10,12H,5,8,11H2,1-3H3,(H2,22,26)(H,23,25). The van der Waals surface area contributed by atoms with Crippen LogP contribution < -0.4 is 15.4 Å². The number of aryl methyl sites for hydroxylation is 1. The molecule has 2 aromatic rings. The van der Waals surface area contributed by atoms with Gasteiger partial charge in [-0.2, -0.15) is 0 Å². The number of nitrogens with one attached hydrogen (secondary N) is 1. The number of nitrogens with two attached hydrogens (primary N) is 1. The molecule has 2 rings (SSSR count). The van der Waals surface area contributed by atoms with Crippen molar-refractivity contribution in [2.75, 3.05) is 22.4 Å². The highest BCUT2D eigenvalue weighted by Crippen LogP contribution is 2.27. The first kappa shape index (κ1) is 22.7. The van der Waals surface area contributed by atoms with E-state index in [1.54, 1.807) is 50.2 Å². The second kappa shape index (κ2) is 9.28. The lowest BCUT2D eigenvalue weighted by Gasteiger charge is -2.24. The van der Waals surface area contributed by atoms with Crippen molar-refractivity contribution in [3.05, 3.63) is 58.1 Å². The van der Waals surface area contributed by atoms with Gasteiger partial charge in [0.1, 0.15) is 0 Å².